The van der Waals surface area contributed by atoms with Crippen molar-refractivity contribution in [3.63, 3.8) is 0 Å². The number of nitrogens with zero attached hydrogens (tertiary/aromatic N) is 2. The Kier molecular flexibility index (Phi) is 4.48. The first-order valence-corrected chi connectivity index (χ1v) is 9.60. The van der Waals surface area contributed by atoms with Crippen molar-refractivity contribution in [3.05, 3.63) is 45.2 Å². The van der Waals surface area contributed by atoms with E-state index in [2.05, 4.69) is 32.7 Å². The maximum atomic E-state index is 11.6. The summed E-state index contributed by atoms with van der Waals surface area (Å²) in [4.78, 5) is 22.0. The number of ether oxygens (including phenoxy) is 1. The topological polar surface area (TPSA) is 72.3 Å². The van der Waals surface area contributed by atoms with Crippen LogP contribution in [0.4, 0.5) is 0 Å². The van der Waals surface area contributed by atoms with Gasteiger partial charge in [-0.3, -0.25) is 4.98 Å². The summed E-state index contributed by atoms with van der Waals surface area (Å²) in [5, 5.41) is 11.8. The van der Waals surface area contributed by atoms with Crippen LogP contribution in [0.15, 0.2) is 18.3 Å². The van der Waals surface area contributed by atoms with Gasteiger partial charge in [0.2, 0.25) is 0 Å². The predicted molar refractivity (Wildman–Crippen MR) is 102 cm³/mol. The second kappa shape index (κ2) is 6.13. The fourth-order valence-corrected chi connectivity index (χ4v) is 4.76. The molecule has 26 heavy (non-hydrogen) atoms. The molecule has 1 aliphatic rings. The summed E-state index contributed by atoms with van der Waals surface area (Å²) in [6.45, 7) is 10.6. The highest BCUT2D eigenvalue weighted by molar-refractivity contribution is 7.12. The van der Waals surface area contributed by atoms with Crippen LogP contribution >= 0.6 is 11.3 Å². The average Bonchev–Trinajstić information content (AvgIpc) is 3.07. The number of rotatable bonds is 3. The number of fused-ring (bicyclic) bond motifs is 1. The third kappa shape index (κ3) is 3.05. The molecule has 2 heterocycles. The summed E-state index contributed by atoms with van der Waals surface area (Å²) in [5.74, 6) is -0.447. The third-order valence-electron chi connectivity index (χ3n) is 5.36. The molecule has 1 N–H and O–H groups in total. The SMILES string of the molecule is COC(=O)c1ccc(C(C)(O)c2nc3c(s2)C(C)(C)CCC3(C)C)nc1. The molecule has 1 atom stereocenters. The molecule has 2 aromatic rings. The molecular weight excluding hydrogens is 348 g/mol. The molecule has 0 fully saturated rings. The van der Waals surface area contributed by atoms with Gasteiger partial charge in [0.25, 0.3) is 0 Å². The Morgan fingerprint density at radius 1 is 1.23 bits per heavy atom. The van der Waals surface area contributed by atoms with Crippen molar-refractivity contribution in [2.75, 3.05) is 7.11 Å². The van der Waals surface area contributed by atoms with Crippen LogP contribution in [0, 0.1) is 0 Å². The highest BCUT2D eigenvalue weighted by Gasteiger charge is 2.43. The van der Waals surface area contributed by atoms with E-state index in [0.29, 0.717) is 16.3 Å². The van der Waals surface area contributed by atoms with Crippen molar-refractivity contribution in [3.8, 4) is 0 Å². The lowest BCUT2D eigenvalue weighted by Crippen LogP contribution is -2.33. The lowest BCUT2D eigenvalue weighted by atomic mass is 9.69. The zero-order valence-electron chi connectivity index (χ0n) is 16.2. The van der Waals surface area contributed by atoms with Crippen molar-refractivity contribution >= 4 is 17.3 Å². The van der Waals surface area contributed by atoms with Gasteiger partial charge in [0, 0.05) is 21.9 Å². The normalized spacial score (nSPS) is 20.1. The zero-order chi connectivity index (χ0) is 19.3. The molecule has 0 saturated carbocycles. The van der Waals surface area contributed by atoms with E-state index in [-0.39, 0.29) is 10.8 Å². The van der Waals surface area contributed by atoms with E-state index in [9.17, 15) is 9.90 Å². The van der Waals surface area contributed by atoms with E-state index in [1.165, 1.54) is 18.2 Å². The van der Waals surface area contributed by atoms with Gasteiger partial charge in [-0.25, -0.2) is 9.78 Å². The van der Waals surface area contributed by atoms with Crippen LogP contribution in [-0.4, -0.2) is 28.2 Å². The summed E-state index contributed by atoms with van der Waals surface area (Å²) >= 11 is 1.57. The minimum Gasteiger partial charge on any atom is -0.465 e. The highest BCUT2D eigenvalue weighted by atomic mass is 32.1. The average molecular weight is 375 g/mol. The highest BCUT2D eigenvalue weighted by Crippen LogP contribution is 2.49. The van der Waals surface area contributed by atoms with Gasteiger partial charge in [-0.15, -0.1) is 11.3 Å². The monoisotopic (exact) mass is 374 g/mol. The lowest BCUT2D eigenvalue weighted by Gasteiger charge is -2.37. The standard InChI is InChI=1S/C20H26N2O3S/c1-18(2)9-10-19(3,4)15-14(18)22-17(26-15)20(5,24)13-8-7-12(11-21-13)16(23)25-6/h7-8,11,24H,9-10H2,1-6H3. The Labute approximate surface area is 158 Å². The number of pyridine rings is 1. The van der Waals surface area contributed by atoms with Gasteiger partial charge in [0.15, 0.2) is 5.60 Å². The molecule has 1 unspecified atom stereocenters. The summed E-state index contributed by atoms with van der Waals surface area (Å²) in [6, 6.07) is 3.27. The number of methoxy groups -OCH3 is 1. The smallest absolute Gasteiger partial charge is 0.339 e. The maximum Gasteiger partial charge on any atom is 0.339 e. The first-order chi connectivity index (χ1) is 12.0. The molecule has 2 aromatic heterocycles. The van der Waals surface area contributed by atoms with Crippen LogP contribution in [0.3, 0.4) is 0 Å². The van der Waals surface area contributed by atoms with E-state index >= 15 is 0 Å². The van der Waals surface area contributed by atoms with Crippen molar-refractivity contribution in [2.45, 2.75) is 63.9 Å². The second-order valence-electron chi connectivity index (χ2n) is 8.46. The summed E-state index contributed by atoms with van der Waals surface area (Å²) < 4.78 is 4.70. The molecule has 1 aliphatic carbocycles. The Bertz CT molecular complexity index is 802. The molecule has 6 heteroatoms. The van der Waals surface area contributed by atoms with Crippen molar-refractivity contribution in [1.82, 2.24) is 9.97 Å². The number of hydrogen-bond acceptors (Lipinski definition) is 6. The van der Waals surface area contributed by atoms with Crippen LogP contribution in [-0.2, 0) is 21.2 Å². The van der Waals surface area contributed by atoms with Gasteiger partial charge in [0.1, 0.15) is 5.01 Å². The molecule has 5 nitrogen and oxygen atoms in total. The summed E-state index contributed by atoms with van der Waals surface area (Å²) in [5.41, 5.74) is 0.638. The van der Waals surface area contributed by atoms with Gasteiger partial charge >= 0.3 is 5.97 Å². The largest absolute Gasteiger partial charge is 0.465 e. The van der Waals surface area contributed by atoms with Gasteiger partial charge in [-0.2, -0.15) is 0 Å². The molecule has 3 rings (SSSR count). The van der Waals surface area contributed by atoms with Gasteiger partial charge < -0.3 is 9.84 Å². The Hall–Kier alpha value is -1.79. The minimum atomic E-state index is -1.32. The lowest BCUT2D eigenvalue weighted by molar-refractivity contribution is 0.0598. The van der Waals surface area contributed by atoms with Crippen LogP contribution in [0.2, 0.25) is 0 Å². The van der Waals surface area contributed by atoms with Crippen LogP contribution < -0.4 is 0 Å². The Morgan fingerprint density at radius 2 is 1.88 bits per heavy atom. The van der Waals surface area contributed by atoms with E-state index in [1.54, 1.807) is 30.4 Å². The summed E-state index contributed by atoms with van der Waals surface area (Å²) in [6.07, 6.45) is 3.60. The van der Waals surface area contributed by atoms with Crippen LogP contribution in [0.5, 0.6) is 0 Å². The number of carbonyl (C=O) groups is 1. The number of esters is 1. The number of hydrogen-bond donors (Lipinski definition) is 1. The van der Waals surface area contributed by atoms with Gasteiger partial charge in [-0.05, 0) is 31.9 Å². The van der Waals surface area contributed by atoms with Crippen molar-refractivity contribution in [1.29, 1.82) is 0 Å². The third-order valence-corrected chi connectivity index (χ3v) is 6.99. The minimum absolute atomic E-state index is 0.00213. The quantitative estimate of drug-likeness (QED) is 0.824. The fourth-order valence-electron chi connectivity index (χ4n) is 3.33. The first-order valence-electron chi connectivity index (χ1n) is 8.78. The Balaban J connectivity index is 2.03. The fraction of sp³-hybridized carbons (Fsp3) is 0.550. The number of aromatic nitrogens is 2. The molecule has 0 spiro atoms. The molecule has 0 aliphatic heterocycles. The maximum absolute atomic E-state index is 11.6. The molecule has 0 amide bonds. The second-order valence-corrected chi connectivity index (χ2v) is 9.46. The number of carbonyl (C=O) groups excluding carboxylic acids is 1. The zero-order valence-corrected chi connectivity index (χ0v) is 17.0. The first kappa shape index (κ1) is 19.0. The summed E-state index contributed by atoms with van der Waals surface area (Å²) in [7, 11) is 1.33. The van der Waals surface area contributed by atoms with Crippen LogP contribution in [0.25, 0.3) is 0 Å². The predicted octanol–water partition coefficient (Wildman–Crippen LogP) is 3.93. The molecular formula is C20H26N2O3S. The van der Waals surface area contributed by atoms with E-state index in [0.717, 1.165) is 18.5 Å². The molecule has 0 aromatic carbocycles. The molecule has 0 bridgehead atoms. The van der Waals surface area contributed by atoms with E-state index < -0.39 is 11.6 Å². The molecule has 0 saturated heterocycles. The molecule has 0 radical (unpaired) electrons. The van der Waals surface area contributed by atoms with E-state index in [1.807, 2.05) is 0 Å². The number of thiazole rings is 1. The van der Waals surface area contributed by atoms with Crippen molar-refractivity contribution < 1.29 is 14.6 Å². The van der Waals surface area contributed by atoms with Gasteiger partial charge in [0.05, 0.1) is 24.1 Å². The number of aliphatic hydroxyl groups is 1. The molecule has 140 valence electrons. The van der Waals surface area contributed by atoms with Gasteiger partial charge in [-0.1, -0.05) is 27.7 Å². The van der Waals surface area contributed by atoms with E-state index in [4.69, 9.17) is 9.72 Å². The Morgan fingerprint density at radius 3 is 2.42 bits per heavy atom. The van der Waals surface area contributed by atoms with Crippen LogP contribution in [0.1, 0.15) is 79.1 Å². The van der Waals surface area contributed by atoms with Crippen molar-refractivity contribution in [2.24, 2.45) is 0 Å².